The summed E-state index contributed by atoms with van der Waals surface area (Å²) < 4.78 is 9.44. The number of alkyl carbamates (subject to hydrolysis) is 2. The number of hydrogen-bond donors (Lipinski definition) is 4. The first-order chi connectivity index (χ1) is 25.0. The predicted molar refractivity (Wildman–Crippen MR) is 199 cm³/mol. The Hall–Kier alpha value is -5.47. The van der Waals surface area contributed by atoms with Crippen LogP contribution in [0.15, 0.2) is 36.7 Å². The quantitative estimate of drug-likeness (QED) is 0.228. The highest BCUT2D eigenvalue weighted by Crippen LogP contribution is 2.33. The van der Waals surface area contributed by atoms with Gasteiger partial charge < -0.3 is 39.9 Å². The largest absolute Gasteiger partial charge is 0.453 e. The van der Waals surface area contributed by atoms with E-state index >= 15 is 0 Å². The molecule has 0 aliphatic carbocycles. The zero-order valence-electron chi connectivity index (χ0n) is 30.8. The Morgan fingerprint density at radius 3 is 1.75 bits per heavy atom. The third-order valence-electron chi connectivity index (χ3n) is 9.34. The normalized spacial score (nSPS) is 17.5. The van der Waals surface area contributed by atoms with E-state index in [9.17, 15) is 19.2 Å². The molecule has 0 spiro atoms. The van der Waals surface area contributed by atoms with Crippen LogP contribution in [-0.4, -0.2) is 93.1 Å². The van der Waals surface area contributed by atoms with Gasteiger partial charge in [-0.1, -0.05) is 45.7 Å². The summed E-state index contributed by atoms with van der Waals surface area (Å²) in [6.45, 7) is 8.68. The minimum atomic E-state index is -0.703. The predicted octanol–water partition coefficient (Wildman–Crippen LogP) is 4.71. The number of carbonyl (C=O) groups excluding carboxylic acids is 4. The zero-order chi connectivity index (χ0) is 37.4. The molecule has 282 valence electrons. The summed E-state index contributed by atoms with van der Waals surface area (Å²) in [6, 6.07) is 5.84. The van der Waals surface area contributed by atoms with Gasteiger partial charge in [0.25, 0.3) is 0 Å². The van der Waals surface area contributed by atoms with Crippen molar-refractivity contribution in [1.29, 1.82) is 0 Å². The van der Waals surface area contributed by atoms with Gasteiger partial charge in [0.1, 0.15) is 29.4 Å². The molecule has 4 atom stereocenters. The minimum absolute atomic E-state index is 0. The third-order valence-corrected chi connectivity index (χ3v) is 9.34. The number of methoxy groups -OCH3 is 2. The van der Waals surface area contributed by atoms with Crippen LogP contribution in [0.25, 0.3) is 11.3 Å². The molecular formula is C38H47ClN8O6. The van der Waals surface area contributed by atoms with Crippen molar-refractivity contribution in [2.45, 2.75) is 77.5 Å². The van der Waals surface area contributed by atoms with E-state index in [0.717, 1.165) is 42.5 Å². The molecule has 53 heavy (non-hydrogen) atoms. The number of rotatable bonds is 9. The lowest BCUT2D eigenvalue weighted by molar-refractivity contribution is -0.136. The molecule has 2 aliphatic rings. The van der Waals surface area contributed by atoms with Gasteiger partial charge in [0, 0.05) is 18.7 Å². The molecule has 2 aliphatic heterocycles. The number of carbonyl (C=O) groups is 4. The van der Waals surface area contributed by atoms with Gasteiger partial charge in [-0.15, -0.1) is 12.4 Å². The Bertz CT molecular complexity index is 1880. The van der Waals surface area contributed by atoms with Crippen molar-refractivity contribution >= 4 is 36.4 Å². The molecule has 1 aromatic carbocycles. The first-order valence-corrected chi connectivity index (χ1v) is 17.5. The van der Waals surface area contributed by atoms with Crippen molar-refractivity contribution < 1.29 is 28.7 Å². The van der Waals surface area contributed by atoms with Crippen LogP contribution in [-0.2, 0) is 19.1 Å². The average Bonchev–Trinajstić information content (AvgIpc) is 3.97. The van der Waals surface area contributed by atoms with E-state index in [-0.39, 0.29) is 48.1 Å². The molecule has 4 heterocycles. The Morgan fingerprint density at radius 2 is 1.25 bits per heavy atom. The summed E-state index contributed by atoms with van der Waals surface area (Å²) in [5.41, 5.74) is 3.11. The summed E-state index contributed by atoms with van der Waals surface area (Å²) in [5, 5.41) is 5.33. The second kappa shape index (κ2) is 18.3. The number of amides is 4. The highest BCUT2D eigenvalue weighted by molar-refractivity contribution is 5.87. The second-order valence-electron chi connectivity index (χ2n) is 13.5. The Labute approximate surface area is 316 Å². The topological polar surface area (TPSA) is 175 Å². The van der Waals surface area contributed by atoms with Gasteiger partial charge in [0.2, 0.25) is 11.8 Å². The molecule has 4 N–H and O–H groups in total. The lowest BCUT2D eigenvalue weighted by Crippen LogP contribution is -2.51. The first-order valence-electron chi connectivity index (χ1n) is 17.5. The second-order valence-corrected chi connectivity index (χ2v) is 13.5. The molecule has 5 rings (SSSR count). The Morgan fingerprint density at radius 1 is 0.755 bits per heavy atom. The molecule has 2 saturated heterocycles. The number of nitrogens with one attached hydrogen (secondary N) is 4. The van der Waals surface area contributed by atoms with Crippen LogP contribution in [0.3, 0.4) is 0 Å². The summed E-state index contributed by atoms with van der Waals surface area (Å²) in [6.07, 6.45) is 5.30. The number of H-pyrrole nitrogens is 2. The molecule has 3 aromatic rings. The molecule has 15 heteroatoms. The summed E-state index contributed by atoms with van der Waals surface area (Å²) in [7, 11) is 2.55. The van der Waals surface area contributed by atoms with Crippen molar-refractivity contribution in [2.24, 2.45) is 11.8 Å². The van der Waals surface area contributed by atoms with Crippen molar-refractivity contribution in [3.8, 4) is 34.9 Å². The number of aromatic amines is 2. The van der Waals surface area contributed by atoms with E-state index in [2.05, 4.69) is 54.3 Å². The van der Waals surface area contributed by atoms with Gasteiger partial charge in [0.05, 0.1) is 44.4 Å². The maximum atomic E-state index is 13.4. The van der Waals surface area contributed by atoms with Crippen molar-refractivity contribution in [2.75, 3.05) is 27.3 Å². The lowest BCUT2D eigenvalue weighted by atomic mass is 10.0. The Balaban J connectivity index is 0.00000627. The molecule has 0 unspecified atom stereocenters. The Kier molecular flexibility index (Phi) is 13.9. The lowest BCUT2D eigenvalue weighted by Gasteiger charge is -2.30. The van der Waals surface area contributed by atoms with E-state index in [4.69, 9.17) is 9.47 Å². The molecular weight excluding hydrogens is 700 g/mol. The molecule has 4 amide bonds. The van der Waals surface area contributed by atoms with Crippen LogP contribution >= 0.6 is 12.4 Å². The molecule has 0 saturated carbocycles. The highest BCUT2D eigenvalue weighted by atomic mass is 35.5. The van der Waals surface area contributed by atoms with Gasteiger partial charge in [-0.2, -0.15) is 0 Å². The van der Waals surface area contributed by atoms with E-state index in [1.54, 1.807) is 22.2 Å². The van der Waals surface area contributed by atoms with Crippen molar-refractivity contribution in [3.05, 3.63) is 59.6 Å². The molecule has 0 bridgehead atoms. The maximum Gasteiger partial charge on any atom is 0.407 e. The van der Waals surface area contributed by atoms with Crippen molar-refractivity contribution in [3.63, 3.8) is 0 Å². The highest BCUT2D eigenvalue weighted by Gasteiger charge is 2.38. The number of halogens is 1. The number of likely N-dealkylation sites (tertiary alicyclic amines) is 2. The van der Waals surface area contributed by atoms with Gasteiger partial charge in [0.15, 0.2) is 0 Å². The van der Waals surface area contributed by atoms with Crippen LogP contribution in [0.1, 0.15) is 88.4 Å². The summed E-state index contributed by atoms with van der Waals surface area (Å²) >= 11 is 0. The monoisotopic (exact) mass is 746 g/mol. The average molecular weight is 747 g/mol. The number of aromatic nitrogens is 4. The van der Waals surface area contributed by atoms with Crippen LogP contribution in [0.4, 0.5) is 9.59 Å². The third kappa shape index (κ3) is 9.70. The van der Waals surface area contributed by atoms with Crippen molar-refractivity contribution in [1.82, 2.24) is 40.4 Å². The fourth-order valence-corrected chi connectivity index (χ4v) is 6.54. The van der Waals surface area contributed by atoms with E-state index in [1.807, 2.05) is 52.0 Å². The van der Waals surface area contributed by atoms with Gasteiger partial charge in [-0.3, -0.25) is 9.59 Å². The molecule has 0 radical (unpaired) electrons. The SMILES string of the molecule is COC(=O)N[C@H](C(=O)N1CCC[C@@H]1c1ncc(-c2ccc(C#CC#Cc3cnc([C@@H]4CCCN4C(=O)[C@@H](NC(=O)OC)C(C)C)[nH]3)cc2)[nH]1)C(C)C.Cl. The fourth-order valence-electron chi connectivity index (χ4n) is 6.54. The van der Waals surface area contributed by atoms with Crippen LogP contribution < -0.4 is 10.6 Å². The van der Waals surface area contributed by atoms with Crippen LogP contribution in [0.5, 0.6) is 0 Å². The number of nitrogens with zero attached hydrogens (tertiary/aromatic N) is 4. The standard InChI is InChI=1S/C38H46N8O6.ClH/c1-23(2)31(43-37(49)51-5)35(47)45-19-9-13-29(45)33-39-21-27(41-33)12-8-7-11-25-15-17-26(18-16-25)28-22-40-34(42-28)30-14-10-20-46(30)36(48)32(24(3)4)44-38(50)52-6;/h15-18,21-24,29-32H,9-10,13-14,19-20H2,1-6H3,(H,39,41)(H,40,42)(H,43,49)(H,44,50);1H/t29-,30+,31-,32-;/m0./s1. The fraction of sp³-hybridized carbons (Fsp3) is 0.474. The number of hydrogen-bond acceptors (Lipinski definition) is 8. The van der Waals surface area contributed by atoms with Gasteiger partial charge in [-0.05, 0) is 73.0 Å². The smallest absolute Gasteiger partial charge is 0.407 e. The first kappa shape index (κ1) is 40.3. The van der Waals surface area contributed by atoms with Gasteiger partial charge >= 0.3 is 12.2 Å². The van der Waals surface area contributed by atoms with Gasteiger partial charge in [-0.25, -0.2) is 19.6 Å². The number of benzene rings is 1. The summed E-state index contributed by atoms with van der Waals surface area (Å²) in [5.74, 6) is 12.6. The van der Waals surface area contributed by atoms with E-state index in [1.165, 1.54) is 14.2 Å². The maximum absolute atomic E-state index is 13.4. The minimum Gasteiger partial charge on any atom is -0.453 e. The molecule has 2 fully saturated rings. The summed E-state index contributed by atoms with van der Waals surface area (Å²) in [4.78, 5) is 69.8. The van der Waals surface area contributed by atoms with Crippen LogP contribution in [0.2, 0.25) is 0 Å². The van der Waals surface area contributed by atoms with E-state index in [0.29, 0.717) is 30.4 Å². The number of imidazole rings is 2. The molecule has 2 aromatic heterocycles. The van der Waals surface area contributed by atoms with E-state index < -0.39 is 24.3 Å². The molecule has 14 nitrogen and oxygen atoms in total. The van der Waals surface area contributed by atoms with Crippen LogP contribution in [0, 0.1) is 35.5 Å². The zero-order valence-corrected chi connectivity index (χ0v) is 31.6. The number of ether oxygens (including phenoxy) is 2.